The number of benzene rings is 2. The minimum absolute atomic E-state index is 0.118. The third-order valence-corrected chi connectivity index (χ3v) is 4.18. The van der Waals surface area contributed by atoms with E-state index in [9.17, 15) is 0 Å². The van der Waals surface area contributed by atoms with Gasteiger partial charge >= 0.3 is 0 Å². The molecular formula is C16H13BrClN3. The van der Waals surface area contributed by atoms with Gasteiger partial charge in [-0.1, -0.05) is 45.7 Å². The van der Waals surface area contributed by atoms with Crippen LogP contribution in [0.2, 0.25) is 5.02 Å². The van der Waals surface area contributed by atoms with Crippen molar-refractivity contribution in [3.8, 4) is 0 Å². The summed E-state index contributed by atoms with van der Waals surface area (Å²) in [6.07, 6.45) is 1.55. The number of nitrogens with zero attached hydrogens (tertiary/aromatic N) is 2. The van der Waals surface area contributed by atoms with Gasteiger partial charge < -0.3 is 5.32 Å². The van der Waals surface area contributed by atoms with Crippen LogP contribution in [0.4, 0.5) is 5.82 Å². The standard InChI is InChI=1S/C16H13BrClN3/c1-10(11-5-7-12(17)8-6-11)21-16-15-13(18)3-2-4-14(15)19-9-20-16/h2-10H,1H3,(H,19,20,21)/t10-/m1/s1. The first-order valence-electron chi connectivity index (χ1n) is 6.56. The van der Waals surface area contributed by atoms with Crippen LogP contribution in [0.3, 0.4) is 0 Å². The molecule has 5 heteroatoms. The van der Waals surface area contributed by atoms with E-state index in [1.54, 1.807) is 6.33 Å². The Morgan fingerprint density at radius 2 is 1.86 bits per heavy atom. The maximum absolute atomic E-state index is 6.29. The van der Waals surface area contributed by atoms with Crippen LogP contribution in [-0.4, -0.2) is 9.97 Å². The summed E-state index contributed by atoms with van der Waals surface area (Å²) in [5.41, 5.74) is 2.01. The van der Waals surface area contributed by atoms with Crippen molar-refractivity contribution in [1.82, 2.24) is 9.97 Å². The Hall–Kier alpha value is -1.65. The van der Waals surface area contributed by atoms with Gasteiger partial charge in [0.15, 0.2) is 0 Å². The maximum atomic E-state index is 6.29. The second kappa shape index (κ2) is 6.00. The molecule has 0 unspecified atom stereocenters. The third-order valence-electron chi connectivity index (χ3n) is 3.34. The van der Waals surface area contributed by atoms with E-state index in [0.29, 0.717) is 5.02 Å². The van der Waals surface area contributed by atoms with Crippen molar-refractivity contribution in [2.75, 3.05) is 5.32 Å². The van der Waals surface area contributed by atoms with E-state index in [-0.39, 0.29) is 6.04 Å². The largest absolute Gasteiger partial charge is 0.363 e. The highest BCUT2D eigenvalue weighted by Gasteiger charge is 2.11. The Bertz CT molecular complexity index is 769. The number of nitrogens with one attached hydrogen (secondary N) is 1. The molecule has 3 rings (SSSR count). The highest BCUT2D eigenvalue weighted by atomic mass is 79.9. The van der Waals surface area contributed by atoms with Crippen LogP contribution in [0.1, 0.15) is 18.5 Å². The van der Waals surface area contributed by atoms with Gasteiger partial charge in [-0.25, -0.2) is 9.97 Å². The van der Waals surface area contributed by atoms with Crippen molar-refractivity contribution in [3.63, 3.8) is 0 Å². The van der Waals surface area contributed by atoms with E-state index in [1.807, 2.05) is 30.3 Å². The number of hydrogen-bond acceptors (Lipinski definition) is 3. The van der Waals surface area contributed by atoms with Crippen LogP contribution in [0.15, 0.2) is 53.3 Å². The lowest BCUT2D eigenvalue weighted by atomic mass is 10.1. The van der Waals surface area contributed by atoms with Gasteiger partial charge in [-0.2, -0.15) is 0 Å². The van der Waals surface area contributed by atoms with Gasteiger partial charge in [-0.15, -0.1) is 0 Å². The molecule has 1 aromatic heterocycles. The van der Waals surface area contributed by atoms with E-state index in [4.69, 9.17) is 11.6 Å². The number of rotatable bonds is 3. The minimum atomic E-state index is 0.118. The monoisotopic (exact) mass is 361 g/mol. The maximum Gasteiger partial charge on any atom is 0.139 e. The smallest absolute Gasteiger partial charge is 0.139 e. The van der Waals surface area contributed by atoms with E-state index in [0.717, 1.165) is 21.2 Å². The first kappa shape index (κ1) is 14.3. The van der Waals surface area contributed by atoms with Crippen molar-refractivity contribution in [2.45, 2.75) is 13.0 Å². The Labute approximate surface area is 136 Å². The average Bonchev–Trinajstić information content (AvgIpc) is 2.48. The predicted molar refractivity (Wildman–Crippen MR) is 90.7 cm³/mol. The molecule has 0 spiro atoms. The van der Waals surface area contributed by atoms with Gasteiger partial charge in [-0.05, 0) is 36.8 Å². The number of anilines is 1. The fourth-order valence-corrected chi connectivity index (χ4v) is 2.74. The number of aromatic nitrogens is 2. The SMILES string of the molecule is C[C@@H](Nc1ncnc2cccc(Cl)c12)c1ccc(Br)cc1. The summed E-state index contributed by atoms with van der Waals surface area (Å²) in [4.78, 5) is 8.59. The van der Waals surface area contributed by atoms with Crippen molar-refractivity contribution in [2.24, 2.45) is 0 Å². The molecule has 106 valence electrons. The van der Waals surface area contributed by atoms with E-state index in [1.165, 1.54) is 5.56 Å². The first-order valence-corrected chi connectivity index (χ1v) is 7.73. The van der Waals surface area contributed by atoms with Crippen LogP contribution in [0, 0.1) is 0 Å². The molecule has 1 N–H and O–H groups in total. The van der Waals surface area contributed by atoms with Crippen LogP contribution in [0.25, 0.3) is 10.9 Å². The molecule has 1 heterocycles. The molecule has 0 bridgehead atoms. The summed E-state index contributed by atoms with van der Waals surface area (Å²) < 4.78 is 1.06. The molecule has 21 heavy (non-hydrogen) atoms. The van der Waals surface area contributed by atoms with Gasteiger partial charge in [0.25, 0.3) is 0 Å². The third kappa shape index (κ3) is 3.01. The molecule has 0 aliphatic rings. The average molecular weight is 363 g/mol. The van der Waals surface area contributed by atoms with Crippen molar-refractivity contribution >= 4 is 44.3 Å². The van der Waals surface area contributed by atoms with E-state index >= 15 is 0 Å². The molecule has 0 amide bonds. The summed E-state index contributed by atoms with van der Waals surface area (Å²) >= 11 is 9.73. The molecule has 3 aromatic rings. The van der Waals surface area contributed by atoms with Crippen LogP contribution in [0.5, 0.6) is 0 Å². The molecular weight excluding hydrogens is 350 g/mol. The highest BCUT2D eigenvalue weighted by Crippen LogP contribution is 2.29. The summed E-state index contributed by atoms with van der Waals surface area (Å²) in [6, 6.07) is 14.0. The fraction of sp³-hybridized carbons (Fsp3) is 0.125. The van der Waals surface area contributed by atoms with E-state index < -0.39 is 0 Å². The molecule has 0 saturated carbocycles. The topological polar surface area (TPSA) is 37.8 Å². The highest BCUT2D eigenvalue weighted by molar-refractivity contribution is 9.10. The van der Waals surface area contributed by atoms with Gasteiger partial charge in [0.1, 0.15) is 12.1 Å². The van der Waals surface area contributed by atoms with Gasteiger partial charge in [0, 0.05) is 10.5 Å². The Morgan fingerprint density at radius 3 is 2.62 bits per heavy atom. The molecule has 0 aliphatic heterocycles. The van der Waals surface area contributed by atoms with Crippen molar-refractivity contribution < 1.29 is 0 Å². The quantitative estimate of drug-likeness (QED) is 0.694. The molecule has 1 atom stereocenters. The van der Waals surface area contributed by atoms with Crippen LogP contribution in [-0.2, 0) is 0 Å². The predicted octanol–water partition coefficient (Wildman–Crippen LogP) is 5.22. The molecule has 0 radical (unpaired) electrons. The molecule has 0 saturated heterocycles. The minimum Gasteiger partial charge on any atom is -0.363 e. The summed E-state index contributed by atoms with van der Waals surface area (Å²) in [6.45, 7) is 2.09. The summed E-state index contributed by atoms with van der Waals surface area (Å²) in [5.74, 6) is 0.751. The number of fused-ring (bicyclic) bond motifs is 1. The van der Waals surface area contributed by atoms with Gasteiger partial charge in [0.2, 0.25) is 0 Å². The number of hydrogen-bond donors (Lipinski definition) is 1. The zero-order valence-corrected chi connectivity index (χ0v) is 13.7. The zero-order valence-electron chi connectivity index (χ0n) is 11.3. The van der Waals surface area contributed by atoms with Crippen LogP contribution >= 0.6 is 27.5 Å². The Balaban J connectivity index is 1.96. The lowest BCUT2D eigenvalue weighted by Gasteiger charge is -2.16. The van der Waals surface area contributed by atoms with Crippen molar-refractivity contribution in [3.05, 3.63) is 63.9 Å². The summed E-state index contributed by atoms with van der Waals surface area (Å²) in [5, 5.41) is 4.91. The molecule has 3 nitrogen and oxygen atoms in total. The van der Waals surface area contributed by atoms with Crippen molar-refractivity contribution in [1.29, 1.82) is 0 Å². The lowest BCUT2D eigenvalue weighted by molar-refractivity contribution is 0.875. The first-order chi connectivity index (χ1) is 10.1. The van der Waals surface area contributed by atoms with Crippen LogP contribution < -0.4 is 5.32 Å². The zero-order chi connectivity index (χ0) is 14.8. The Morgan fingerprint density at radius 1 is 1.10 bits per heavy atom. The Kier molecular flexibility index (Phi) is 4.08. The van der Waals surface area contributed by atoms with Gasteiger partial charge in [-0.3, -0.25) is 0 Å². The van der Waals surface area contributed by atoms with E-state index in [2.05, 4.69) is 50.3 Å². The fourth-order valence-electron chi connectivity index (χ4n) is 2.22. The molecule has 2 aromatic carbocycles. The lowest BCUT2D eigenvalue weighted by Crippen LogP contribution is -2.08. The summed E-state index contributed by atoms with van der Waals surface area (Å²) in [7, 11) is 0. The number of halogens is 2. The molecule has 0 aliphatic carbocycles. The second-order valence-corrected chi connectivity index (χ2v) is 6.10. The van der Waals surface area contributed by atoms with Gasteiger partial charge in [0.05, 0.1) is 15.9 Å². The normalized spacial score (nSPS) is 12.3. The molecule has 0 fully saturated rings. The second-order valence-electron chi connectivity index (χ2n) is 4.77.